The Morgan fingerprint density at radius 3 is 2.91 bits per heavy atom. The number of aryl methyl sites for hydroxylation is 2. The molecule has 0 fully saturated rings. The van der Waals surface area contributed by atoms with E-state index < -0.39 is 0 Å². The average molecular weight is 450 g/mol. The van der Waals surface area contributed by atoms with E-state index in [-0.39, 0.29) is 18.1 Å². The highest BCUT2D eigenvalue weighted by atomic mass is 32.2. The van der Waals surface area contributed by atoms with Gasteiger partial charge < -0.3 is 14.8 Å². The molecule has 0 saturated carbocycles. The number of hydrogen-bond donors (Lipinski definition) is 1. The van der Waals surface area contributed by atoms with Gasteiger partial charge >= 0.3 is 0 Å². The van der Waals surface area contributed by atoms with Gasteiger partial charge in [0.05, 0.1) is 11.4 Å². The van der Waals surface area contributed by atoms with Gasteiger partial charge in [-0.25, -0.2) is 4.68 Å². The maximum absolute atomic E-state index is 12.9. The summed E-state index contributed by atoms with van der Waals surface area (Å²) >= 11 is 1.81. The third kappa shape index (κ3) is 3.86. The van der Waals surface area contributed by atoms with Crippen LogP contribution in [0.25, 0.3) is 5.69 Å². The molecule has 5 rings (SSSR count). The number of amides is 1. The zero-order chi connectivity index (χ0) is 22.5. The molecule has 7 heteroatoms. The van der Waals surface area contributed by atoms with Crippen molar-refractivity contribution in [3.8, 4) is 17.2 Å². The van der Waals surface area contributed by atoms with Crippen LogP contribution < -0.4 is 14.8 Å². The smallest absolute Gasteiger partial charge is 0.263 e. The standard InChI is InChI=1S/C25H27N3O3S/c1-15-8-9-20(16(2)10-15)28-24(18-13-32-14-19(18)27-28)26-22(29)12-30-21-7-5-6-17-11-25(3,4)31-23(17)21/h5-10H,11-14H2,1-4H3,(H,26,29). The van der Waals surface area contributed by atoms with E-state index in [9.17, 15) is 4.79 Å². The molecule has 0 aliphatic carbocycles. The van der Waals surface area contributed by atoms with E-state index in [1.807, 2.05) is 34.6 Å². The molecule has 1 aromatic heterocycles. The molecule has 0 bridgehead atoms. The largest absolute Gasteiger partial charge is 0.483 e. The predicted molar refractivity (Wildman–Crippen MR) is 127 cm³/mol. The van der Waals surface area contributed by atoms with Crippen molar-refractivity contribution in [3.63, 3.8) is 0 Å². The van der Waals surface area contributed by atoms with Gasteiger partial charge in [-0.2, -0.15) is 16.9 Å². The Hall–Kier alpha value is -2.93. The maximum Gasteiger partial charge on any atom is 0.263 e. The normalized spacial score (nSPS) is 15.8. The first-order valence-electron chi connectivity index (χ1n) is 10.8. The zero-order valence-electron chi connectivity index (χ0n) is 18.8. The highest BCUT2D eigenvalue weighted by molar-refractivity contribution is 7.98. The number of nitrogens with one attached hydrogen (secondary N) is 1. The van der Waals surface area contributed by atoms with Crippen LogP contribution in [-0.2, 0) is 22.7 Å². The van der Waals surface area contributed by atoms with Crippen molar-refractivity contribution in [1.29, 1.82) is 0 Å². The number of aromatic nitrogens is 2. The number of thioether (sulfide) groups is 1. The molecule has 1 amide bonds. The van der Waals surface area contributed by atoms with Crippen molar-refractivity contribution in [2.45, 2.75) is 51.2 Å². The number of hydrogen-bond acceptors (Lipinski definition) is 5. The Balaban J connectivity index is 1.37. The molecule has 6 nitrogen and oxygen atoms in total. The molecule has 166 valence electrons. The van der Waals surface area contributed by atoms with Crippen LogP contribution in [-0.4, -0.2) is 27.9 Å². The molecule has 3 heterocycles. The van der Waals surface area contributed by atoms with Gasteiger partial charge in [-0.1, -0.05) is 29.8 Å². The van der Waals surface area contributed by atoms with Crippen LogP contribution in [0.5, 0.6) is 11.5 Å². The summed E-state index contributed by atoms with van der Waals surface area (Å²) in [6.45, 7) is 8.14. The first kappa shape index (κ1) is 20.9. The lowest BCUT2D eigenvalue weighted by atomic mass is 10.0. The van der Waals surface area contributed by atoms with Crippen LogP contribution in [0.1, 0.15) is 41.8 Å². The van der Waals surface area contributed by atoms with Crippen molar-refractivity contribution >= 4 is 23.5 Å². The molecule has 3 aromatic rings. The second-order valence-electron chi connectivity index (χ2n) is 9.09. The summed E-state index contributed by atoms with van der Waals surface area (Å²) < 4.78 is 13.8. The highest BCUT2D eigenvalue weighted by Gasteiger charge is 2.32. The highest BCUT2D eigenvalue weighted by Crippen LogP contribution is 2.42. The Bertz CT molecular complexity index is 1220. The molecule has 1 N–H and O–H groups in total. The van der Waals surface area contributed by atoms with Crippen LogP contribution in [0.2, 0.25) is 0 Å². The summed E-state index contributed by atoms with van der Waals surface area (Å²) in [7, 11) is 0. The fraction of sp³-hybridized carbons (Fsp3) is 0.360. The van der Waals surface area contributed by atoms with Gasteiger partial charge in [0, 0.05) is 29.1 Å². The molecule has 0 spiro atoms. The number of carbonyl (C=O) groups excluding carboxylic acids is 1. The Labute approximate surface area is 192 Å². The molecular weight excluding hydrogens is 422 g/mol. The maximum atomic E-state index is 12.9. The number of para-hydroxylation sites is 1. The summed E-state index contributed by atoms with van der Waals surface area (Å²) in [5.74, 6) is 3.56. The van der Waals surface area contributed by atoms with Gasteiger partial charge in [0.15, 0.2) is 18.1 Å². The Kier molecular flexibility index (Phi) is 5.16. The molecule has 2 aromatic carbocycles. The van der Waals surface area contributed by atoms with Gasteiger partial charge in [-0.3, -0.25) is 4.79 Å². The minimum atomic E-state index is -0.263. The van der Waals surface area contributed by atoms with Crippen molar-refractivity contribution in [2.75, 3.05) is 11.9 Å². The van der Waals surface area contributed by atoms with Gasteiger partial charge in [0.25, 0.3) is 5.91 Å². The summed E-state index contributed by atoms with van der Waals surface area (Å²) in [4.78, 5) is 12.9. The first-order chi connectivity index (χ1) is 15.3. The fourth-order valence-corrected chi connectivity index (χ4v) is 5.41. The number of rotatable bonds is 5. The number of fused-ring (bicyclic) bond motifs is 2. The average Bonchev–Trinajstić information content (AvgIpc) is 3.39. The fourth-order valence-electron chi connectivity index (χ4n) is 4.37. The number of carbonyl (C=O) groups is 1. The van der Waals surface area contributed by atoms with E-state index in [0.717, 1.165) is 57.6 Å². The summed E-state index contributed by atoms with van der Waals surface area (Å²) in [5, 5.41) is 7.87. The third-order valence-electron chi connectivity index (χ3n) is 5.80. The number of benzene rings is 2. The quantitative estimate of drug-likeness (QED) is 0.596. The SMILES string of the molecule is Cc1ccc(-n2nc3c(c2NC(=O)COc2cccc4c2OC(C)(C)C4)CSC3)c(C)c1. The summed E-state index contributed by atoms with van der Waals surface area (Å²) in [5.41, 5.74) is 6.25. The van der Waals surface area contributed by atoms with Gasteiger partial charge in [0.1, 0.15) is 11.4 Å². The second kappa shape index (κ2) is 7.89. The van der Waals surface area contributed by atoms with Crippen LogP contribution in [0.15, 0.2) is 36.4 Å². The van der Waals surface area contributed by atoms with Gasteiger partial charge in [-0.15, -0.1) is 0 Å². The van der Waals surface area contributed by atoms with E-state index in [4.69, 9.17) is 14.6 Å². The van der Waals surface area contributed by atoms with Crippen molar-refractivity contribution in [3.05, 3.63) is 64.3 Å². The van der Waals surface area contributed by atoms with Gasteiger partial charge in [0.2, 0.25) is 0 Å². The number of anilines is 1. The van der Waals surface area contributed by atoms with Crippen LogP contribution in [0, 0.1) is 13.8 Å². The predicted octanol–water partition coefficient (Wildman–Crippen LogP) is 4.97. The van der Waals surface area contributed by atoms with Crippen molar-refractivity contribution < 1.29 is 14.3 Å². The molecule has 2 aliphatic rings. The number of nitrogens with zero attached hydrogens (tertiary/aromatic N) is 2. The minimum Gasteiger partial charge on any atom is -0.483 e. The lowest BCUT2D eigenvalue weighted by Gasteiger charge is -2.18. The molecule has 0 saturated heterocycles. The summed E-state index contributed by atoms with van der Waals surface area (Å²) in [6, 6.07) is 12.1. The Morgan fingerprint density at radius 1 is 1.25 bits per heavy atom. The Morgan fingerprint density at radius 2 is 2.09 bits per heavy atom. The van der Waals surface area contributed by atoms with Gasteiger partial charge in [-0.05, 0) is 45.4 Å². The molecule has 32 heavy (non-hydrogen) atoms. The van der Waals surface area contributed by atoms with E-state index >= 15 is 0 Å². The van der Waals surface area contributed by atoms with Crippen LogP contribution in [0.3, 0.4) is 0 Å². The van der Waals surface area contributed by atoms with E-state index in [0.29, 0.717) is 5.75 Å². The molecule has 2 aliphatic heterocycles. The van der Waals surface area contributed by atoms with E-state index in [1.54, 1.807) is 0 Å². The van der Waals surface area contributed by atoms with Crippen molar-refractivity contribution in [2.24, 2.45) is 0 Å². The molecule has 0 radical (unpaired) electrons. The third-order valence-corrected chi connectivity index (χ3v) is 6.77. The monoisotopic (exact) mass is 449 g/mol. The lowest BCUT2D eigenvalue weighted by Crippen LogP contribution is -2.25. The molecule has 0 unspecified atom stereocenters. The summed E-state index contributed by atoms with van der Waals surface area (Å²) in [6.07, 6.45) is 0.824. The molecular formula is C25H27N3O3S. The second-order valence-corrected chi connectivity index (χ2v) is 10.1. The topological polar surface area (TPSA) is 65.4 Å². The van der Waals surface area contributed by atoms with Crippen molar-refractivity contribution in [1.82, 2.24) is 9.78 Å². The number of ether oxygens (including phenoxy) is 2. The lowest BCUT2D eigenvalue weighted by molar-refractivity contribution is -0.118. The minimum absolute atomic E-state index is 0.0970. The zero-order valence-corrected chi connectivity index (χ0v) is 19.6. The van der Waals surface area contributed by atoms with Crippen LogP contribution in [0.4, 0.5) is 5.82 Å². The van der Waals surface area contributed by atoms with E-state index in [2.05, 4.69) is 51.2 Å². The first-order valence-corrected chi connectivity index (χ1v) is 12.0. The van der Waals surface area contributed by atoms with Crippen LogP contribution >= 0.6 is 11.8 Å². The molecule has 0 atom stereocenters. The van der Waals surface area contributed by atoms with E-state index in [1.165, 1.54) is 5.56 Å².